The molecule has 94 valence electrons. The summed E-state index contributed by atoms with van der Waals surface area (Å²) in [6.45, 7) is 4.74. The molecule has 0 bridgehead atoms. The molecule has 2 N–H and O–H groups in total. The quantitative estimate of drug-likeness (QED) is 0.810. The lowest BCUT2D eigenvalue weighted by molar-refractivity contribution is -0.119. The van der Waals surface area contributed by atoms with Gasteiger partial charge in [-0.05, 0) is 19.9 Å². The lowest BCUT2D eigenvalue weighted by Crippen LogP contribution is -2.36. The van der Waals surface area contributed by atoms with Crippen LogP contribution in [0.1, 0.15) is 25.5 Å². The van der Waals surface area contributed by atoms with Gasteiger partial charge in [0.2, 0.25) is 5.91 Å². The van der Waals surface area contributed by atoms with E-state index < -0.39 is 6.10 Å². The predicted molar refractivity (Wildman–Crippen MR) is 69.0 cm³/mol. The number of likely N-dealkylation sites (N-methyl/N-ethyl adjacent to an activating group) is 2. The first-order chi connectivity index (χ1) is 8.10. The number of nitrogens with zero attached hydrogens (tertiary/aromatic N) is 1. The summed E-state index contributed by atoms with van der Waals surface area (Å²) in [5.74, 6) is -0.0350. The van der Waals surface area contributed by atoms with E-state index in [4.69, 9.17) is 0 Å². The Hall–Kier alpha value is -1.55. The average Bonchev–Trinajstić information content (AvgIpc) is 2.35. The Morgan fingerprint density at radius 2 is 2.12 bits per heavy atom. The number of aliphatic hydroxyl groups excluding tert-OH is 1. The zero-order valence-corrected chi connectivity index (χ0v) is 10.6. The van der Waals surface area contributed by atoms with Gasteiger partial charge in [-0.1, -0.05) is 18.2 Å². The van der Waals surface area contributed by atoms with E-state index >= 15 is 0 Å². The van der Waals surface area contributed by atoms with Crippen molar-refractivity contribution in [2.45, 2.75) is 20.0 Å². The van der Waals surface area contributed by atoms with Crippen LogP contribution in [-0.2, 0) is 4.79 Å². The van der Waals surface area contributed by atoms with E-state index in [1.807, 2.05) is 36.1 Å². The molecule has 1 rings (SSSR count). The summed E-state index contributed by atoms with van der Waals surface area (Å²) in [5.41, 5.74) is 1.76. The Morgan fingerprint density at radius 3 is 2.65 bits per heavy atom. The highest BCUT2D eigenvalue weighted by Crippen LogP contribution is 2.25. The van der Waals surface area contributed by atoms with Crippen molar-refractivity contribution in [1.29, 1.82) is 0 Å². The van der Waals surface area contributed by atoms with Crippen molar-refractivity contribution in [3.63, 3.8) is 0 Å². The zero-order valence-electron chi connectivity index (χ0n) is 10.6. The number of para-hydroxylation sites is 1. The summed E-state index contributed by atoms with van der Waals surface area (Å²) in [6, 6.07) is 7.61. The van der Waals surface area contributed by atoms with Gasteiger partial charge in [0.05, 0.1) is 12.6 Å². The van der Waals surface area contributed by atoms with Gasteiger partial charge in [0.1, 0.15) is 0 Å². The van der Waals surface area contributed by atoms with Gasteiger partial charge in [0, 0.05) is 24.8 Å². The molecule has 0 saturated carbocycles. The van der Waals surface area contributed by atoms with Crippen LogP contribution in [0.2, 0.25) is 0 Å². The van der Waals surface area contributed by atoms with Crippen molar-refractivity contribution in [3.05, 3.63) is 29.8 Å². The SMILES string of the molecule is CCN(CC(=O)NC)c1ccccc1[C@H](C)O. The van der Waals surface area contributed by atoms with Gasteiger partial charge < -0.3 is 15.3 Å². The normalized spacial score (nSPS) is 12.0. The van der Waals surface area contributed by atoms with Crippen LogP contribution in [0, 0.1) is 0 Å². The predicted octanol–water partition coefficient (Wildman–Crippen LogP) is 1.31. The van der Waals surface area contributed by atoms with Gasteiger partial charge in [-0.2, -0.15) is 0 Å². The molecule has 0 radical (unpaired) electrons. The fourth-order valence-corrected chi connectivity index (χ4v) is 1.75. The smallest absolute Gasteiger partial charge is 0.239 e. The molecule has 1 atom stereocenters. The van der Waals surface area contributed by atoms with Crippen molar-refractivity contribution < 1.29 is 9.90 Å². The van der Waals surface area contributed by atoms with E-state index in [0.717, 1.165) is 17.8 Å². The molecular weight excluding hydrogens is 216 g/mol. The maximum absolute atomic E-state index is 11.4. The molecule has 0 aliphatic rings. The highest BCUT2D eigenvalue weighted by Gasteiger charge is 2.14. The lowest BCUT2D eigenvalue weighted by atomic mass is 10.1. The Balaban J connectivity index is 2.98. The maximum Gasteiger partial charge on any atom is 0.239 e. The number of amides is 1. The number of hydrogen-bond acceptors (Lipinski definition) is 3. The molecule has 0 aliphatic heterocycles. The molecule has 1 amide bonds. The maximum atomic E-state index is 11.4. The van der Waals surface area contributed by atoms with E-state index in [1.165, 1.54) is 0 Å². The van der Waals surface area contributed by atoms with Crippen LogP contribution >= 0.6 is 0 Å². The molecule has 0 heterocycles. The first-order valence-electron chi connectivity index (χ1n) is 5.82. The van der Waals surface area contributed by atoms with Crippen molar-refractivity contribution in [1.82, 2.24) is 5.32 Å². The number of hydrogen-bond donors (Lipinski definition) is 2. The van der Waals surface area contributed by atoms with E-state index in [0.29, 0.717) is 6.54 Å². The second-order valence-electron chi connectivity index (χ2n) is 3.92. The Bertz CT molecular complexity index is 377. The van der Waals surface area contributed by atoms with Crippen LogP contribution in [0.3, 0.4) is 0 Å². The number of carbonyl (C=O) groups is 1. The van der Waals surface area contributed by atoms with Gasteiger partial charge >= 0.3 is 0 Å². The summed E-state index contributed by atoms with van der Waals surface area (Å²) < 4.78 is 0. The van der Waals surface area contributed by atoms with Crippen LogP contribution < -0.4 is 10.2 Å². The highest BCUT2D eigenvalue weighted by atomic mass is 16.3. The Kier molecular flexibility index (Phi) is 4.97. The van der Waals surface area contributed by atoms with Crippen molar-refractivity contribution >= 4 is 11.6 Å². The second kappa shape index (κ2) is 6.25. The minimum atomic E-state index is -0.537. The molecule has 0 saturated heterocycles. The number of carbonyl (C=O) groups excluding carboxylic acids is 1. The number of rotatable bonds is 5. The van der Waals surface area contributed by atoms with Crippen molar-refractivity contribution in [3.8, 4) is 0 Å². The third kappa shape index (κ3) is 3.46. The average molecular weight is 236 g/mol. The topological polar surface area (TPSA) is 52.6 Å². The summed E-state index contributed by atoms with van der Waals surface area (Å²) in [6.07, 6.45) is -0.537. The minimum Gasteiger partial charge on any atom is -0.389 e. The Labute approximate surface area is 102 Å². The molecule has 0 fully saturated rings. The number of nitrogens with one attached hydrogen (secondary N) is 1. The molecule has 1 aromatic carbocycles. The molecule has 4 nitrogen and oxygen atoms in total. The van der Waals surface area contributed by atoms with Gasteiger partial charge in [-0.3, -0.25) is 4.79 Å². The number of benzene rings is 1. The third-order valence-corrected chi connectivity index (χ3v) is 2.72. The highest BCUT2D eigenvalue weighted by molar-refractivity contribution is 5.81. The monoisotopic (exact) mass is 236 g/mol. The van der Waals surface area contributed by atoms with E-state index in [9.17, 15) is 9.90 Å². The third-order valence-electron chi connectivity index (χ3n) is 2.72. The van der Waals surface area contributed by atoms with Crippen molar-refractivity contribution in [2.75, 3.05) is 25.0 Å². The number of anilines is 1. The lowest BCUT2D eigenvalue weighted by Gasteiger charge is -2.25. The summed E-state index contributed by atoms with van der Waals surface area (Å²) in [7, 11) is 1.62. The molecule has 0 aromatic heterocycles. The molecule has 4 heteroatoms. The van der Waals surface area contributed by atoms with Gasteiger partial charge in [-0.15, -0.1) is 0 Å². The van der Waals surface area contributed by atoms with Crippen LogP contribution in [-0.4, -0.2) is 31.2 Å². The summed E-state index contributed by atoms with van der Waals surface area (Å²) in [4.78, 5) is 13.4. The van der Waals surface area contributed by atoms with E-state index in [1.54, 1.807) is 14.0 Å². The first kappa shape index (κ1) is 13.5. The fraction of sp³-hybridized carbons (Fsp3) is 0.462. The van der Waals surface area contributed by atoms with Gasteiger partial charge in [-0.25, -0.2) is 0 Å². The van der Waals surface area contributed by atoms with Gasteiger partial charge in [0.15, 0.2) is 0 Å². The molecule has 0 unspecified atom stereocenters. The van der Waals surface area contributed by atoms with Crippen molar-refractivity contribution in [2.24, 2.45) is 0 Å². The minimum absolute atomic E-state index is 0.0350. The van der Waals surface area contributed by atoms with Crippen LogP contribution in [0.25, 0.3) is 0 Å². The molecule has 1 aromatic rings. The van der Waals surface area contributed by atoms with Crippen LogP contribution in [0.5, 0.6) is 0 Å². The van der Waals surface area contributed by atoms with Crippen LogP contribution in [0.15, 0.2) is 24.3 Å². The van der Waals surface area contributed by atoms with E-state index in [2.05, 4.69) is 5.32 Å². The summed E-state index contributed by atoms with van der Waals surface area (Å²) in [5, 5.41) is 12.3. The second-order valence-corrected chi connectivity index (χ2v) is 3.92. The summed E-state index contributed by atoms with van der Waals surface area (Å²) >= 11 is 0. The standard InChI is InChI=1S/C13H20N2O2/c1-4-15(9-13(17)14-3)12-8-6-5-7-11(12)10(2)16/h5-8,10,16H,4,9H2,1-3H3,(H,14,17)/t10-/m0/s1. The number of aliphatic hydroxyl groups is 1. The Morgan fingerprint density at radius 1 is 1.47 bits per heavy atom. The fourth-order valence-electron chi connectivity index (χ4n) is 1.75. The molecule has 17 heavy (non-hydrogen) atoms. The van der Waals surface area contributed by atoms with Gasteiger partial charge in [0.25, 0.3) is 0 Å². The van der Waals surface area contributed by atoms with E-state index in [-0.39, 0.29) is 5.91 Å². The zero-order chi connectivity index (χ0) is 12.8. The molecule has 0 spiro atoms. The largest absolute Gasteiger partial charge is 0.389 e. The molecular formula is C13H20N2O2. The molecule has 0 aliphatic carbocycles. The first-order valence-corrected chi connectivity index (χ1v) is 5.82. The van der Waals surface area contributed by atoms with Crippen LogP contribution in [0.4, 0.5) is 5.69 Å².